The van der Waals surface area contributed by atoms with E-state index < -0.39 is 7.12 Å². The minimum absolute atomic E-state index is 0.361. The molecule has 114 valence electrons. The minimum Gasteiger partial charge on any atom is -0.497 e. The van der Waals surface area contributed by atoms with E-state index in [1.807, 2.05) is 58.0 Å². The summed E-state index contributed by atoms with van der Waals surface area (Å²) in [5.41, 5.74) is 7.10. The molecule has 0 spiro atoms. The average molecular weight is 289 g/mol. The van der Waals surface area contributed by atoms with E-state index in [1.54, 1.807) is 7.11 Å². The van der Waals surface area contributed by atoms with Crippen molar-refractivity contribution < 1.29 is 14.0 Å². The van der Waals surface area contributed by atoms with Gasteiger partial charge in [0.15, 0.2) is 0 Å². The van der Waals surface area contributed by atoms with Crippen molar-refractivity contribution in [2.24, 2.45) is 5.73 Å². The zero-order chi connectivity index (χ0) is 15.7. The maximum atomic E-state index is 6.04. The molecule has 0 aromatic heterocycles. The number of ether oxygens (including phenoxy) is 1. The Balaban J connectivity index is 2.26. The lowest BCUT2D eigenvalue weighted by Crippen LogP contribution is -2.41. The first-order valence-electron chi connectivity index (χ1n) is 7.19. The van der Waals surface area contributed by atoms with Gasteiger partial charge in [-0.1, -0.05) is 18.2 Å². The molecule has 1 saturated heterocycles. The Morgan fingerprint density at radius 1 is 1.24 bits per heavy atom. The molecule has 1 fully saturated rings. The Morgan fingerprint density at radius 2 is 1.86 bits per heavy atom. The molecule has 1 aliphatic heterocycles. The molecule has 1 heterocycles. The van der Waals surface area contributed by atoms with Gasteiger partial charge in [0.05, 0.1) is 18.3 Å². The maximum Gasteiger partial charge on any atom is 0.491 e. The molecular weight excluding hydrogens is 265 g/mol. The van der Waals surface area contributed by atoms with Crippen LogP contribution in [0.25, 0.3) is 6.08 Å². The lowest BCUT2D eigenvalue weighted by atomic mass is 9.77. The lowest BCUT2D eigenvalue weighted by Gasteiger charge is -2.32. The smallest absolute Gasteiger partial charge is 0.491 e. The summed E-state index contributed by atoms with van der Waals surface area (Å²) in [6.07, 6.45) is 2.00. The fourth-order valence-electron chi connectivity index (χ4n) is 2.16. The van der Waals surface area contributed by atoms with Crippen LogP contribution >= 0.6 is 0 Å². The van der Waals surface area contributed by atoms with Crippen molar-refractivity contribution in [3.63, 3.8) is 0 Å². The van der Waals surface area contributed by atoms with Crippen molar-refractivity contribution in [2.75, 3.05) is 13.7 Å². The monoisotopic (exact) mass is 289 g/mol. The molecule has 21 heavy (non-hydrogen) atoms. The van der Waals surface area contributed by atoms with Gasteiger partial charge >= 0.3 is 7.12 Å². The summed E-state index contributed by atoms with van der Waals surface area (Å²) in [6.45, 7) is 8.52. The van der Waals surface area contributed by atoms with Crippen molar-refractivity contribution in [1.82, 2.24) is 0 Å². The zero-order valence-electron chi connectivity index (χ0n) is 13.5. The van der Waals surface area contributed by atoms with Gasteiger partial charge in [-0.25, -0.2) is 0 Å². The molecular formula is C16H24BNO3. The highest BCUT2D eigenvalue weighted by Crippen LogP contribution is 2.38. The Morgan fingerprint density at radius 3 is 2.38 bits per heavy atom. The highest BCUT2D eigenvalue weighted by Gasteiger charge is 2.52. The second kappa shape index (κ2) is 5.83. The number of rotatable bonds is 4. The van der Waals surface area contributed by atoms with Gasteiger partial charge in [0.2, 0.25) is 0 Å². The van der Waals surface area contributed by atoms with E-state index >= 15 is 0 Å². The quantitative estimate of drug-likeness (QED) is 0.866. The van der Waals surface area contributed by atoms with Crippen molar-refractivity contribution in [2.45, 2.75) is 38.9 Å². The second-order valence-electron chi connectivity index (χ2n) is 6.29. The number of hydrogen-bond acceptors (Lipinski definition) is 4. The summed E-state index contributed by atoms with van der Waals surface area (Å²) < 4.78 is 17.3. The third-order valence-corrected chi connectivity index (χ3v) is 4.24. The van der Waals surface area contributed by atoms with Crippen molar-refractivity contribution >= 4 is 13.2 Å². The van der Waals surface area contributed by atoms with Crippen molar-refractivity contribution in [1.29, 1.82) is 0 Å². The van der Waals surface area contributed by atoms with Crippen LogP contribution in [0, 0.1) is 0 Å². The molecule has 1 aromatic carbocycles. The molecule has 1 aromatic rings. The molecule has 0 amide bonds. The molecule has 2 rings (SSSR count). The first kappa shape index (κ1) is 16.1. The first-order chi connectivity index (χ1) is 9.79. The Labute approximate surface area is 127 Å². The number of hydrogen-bond donors (Lipinski definition) is 1. The Hall–Kier alpha value is -1.30. The van der Waals surface area contributed by atoms with Gasteiger partial charge in [-0.05, 0) is 50.9 Å². The normalized spacial score (nSPS) is 20.7. The Bertz CT molecular complexity index is 524. The zero-order valence-corrected chi connectivity index (χ0v) is 13.5. The van der Waals surface area contributed by atoms with Crippen LogP contribution in [0.5, 0.6) is 5.75 Å². The van der Waals surface area contributed by atoms with E-state index in [9.17, 15) is 0 Å². The standard InChI is InChI=1S/C16H24BNO3/c1-15(2)16(3,4)21-17(20-15)13(11-18)9-12-7-6-8-14(10-12)19-5/h6-10H,11,18H2,1-5H3. The fraction of sp³-hybridized carbons (Fsp3) is 0.500. The van der Waals surface area contributed by atoms with Crippen LogP contribution < -0.4 is 10.5 Å². The highest BCUT2D eigenvalue weighted by atomic mass is 16.7. The lowest BCUT2D eigenvalue weighted by molar-refractivity contribution is 0.00578. The maximum absolute atomic E-state index is 6.04. The third kappa shape index (κ3) is 3.31. The molecule has 4 nitrogen and oxygen atoms in total. The van der Waals surface area contributed by atoms with E-state index in [-0.39, 0.29) is 11.2 Å². The SMILES string of the molecule is COc1cccc(C=C(CN)B2OC(C)(C)C(C)(C)O2)c1. The van der Waals surface area contributed by atoms with Crippen LogP contribution in [-0.4, -0.2) is 32.0 Å². The predicted molar refractivity (Wildman–Crippen MR) is 86.1 cm³/mol. The number of benzene rings is 1. The molecule has 0 aliphatic carbocycles. The van der Waals surface area contributed by atoms with Gasteiger partial charge in [-0.15, -0.1) is 0 Å². The van der Waals surface area contributed by atoms with Gasteiger partial charge in [0.1, 0.15) is 5.75 Å². The number of nitrogens with two attached hydrogens (primary N) is 1. The van der Waals surface area contributed by atoms with Crippen LogP contribution in [0.2, 0.25) is 0 Å². The predicted octanol–water partition coefficient (Wildman–Crippen LogP) is 2.67. The van der Waals surface area contributed by atoms with Gasteiger partial charge in [-0.2, -0.15) is 0 Å². The van der Waals surface area contributed by atoms with Gasteiger partial charge < -0.3 is 19.8 Å². The summed E-state index contributed by atoms with van der Waals surface area (Å²) in [5, 5.41) is 0. The van der Waals surface area contributed by atoms with Crippen LogP contribution in [0.3, 0.4) is 0 Å². The molecule has 0 atom stereocenters. The van der Waals surface area contributed by atoms with E-state index in [2.05, 4.69) is 0 Å². The summed E-state index contributed by atoms with van der Waals surface area (Å²) in [6, 6.07) is 7.82. The second-order valence-corrected chi connectivity index (χ2v) is 6.29. The van der Waals surface area contributed by atoms with E-state index in [0.29, 0.717) is 6.54 Å². The molecule has 0 radical (unpaired) electrons. The first-order valence-corrected chi connectivity index (χ1v) is 7.19. The number of methoxy groups -OCH3 is 1. The van der Waals surface area contributed by atoms with Gasteiger partial charge in [0, 0.05) is 6.54 Å². The minimum atomic E-state index is -0.411. The van der Waals surface area contributed by atoms with Crippen molar-refractivity contribution in [3.8, 4) is 5.75 Å². The van der Waals surface area contributed by atoms with Crippen molar-refractivity contribution in [3.05, 3.63) is 35.3 Å². The summed E-state index contributed by atoms with van der Waals surface area (Å²) >= 11 is 0. The van der Waals surface area contributed by atoms with Crippen LogP contribution in [0.15, 0.2) is 29.7 Å². The molecule has 0 bridgehead atoms. The van der Waals surface area contributed by atoms with Crippen LogP contribution in [0.1, 0.15) is 33.3 Å². The molecule has 2 N–H and O–H groups in total. The summed E-state index contributed by atoms with van der Waals surface area (Å²) in [7, 11) is 1.24. The molecule has 5 heteroatoms. The van der Waals surface area contributed by atoms with E-state index in [0.717, 1.165) is 16.8 Å². The molecule has 0 unspecified atom stereocenters. The highest BCUT2D eigenvalue weighted by molar-refractivity contribution is 6.55. The van der Waals surface area contributed by atoms with Gasteiger partial charge in [-0.3, -0.25) is 0 Å². The largest absolute Gasteiger partial charge is 0.497 e. The third-order valence-electron chi connectivity index (χ3n) is 4.24. The van der Waals surface area contributed by atoms with Gasteiger partial charge in [0.25, 0.3) is 0 Å². The fourth-order valence-corrected chi connectivity index (χ4v) is 2.16. The summed E-state index contributed by atoms with van der Waals surface area (Å²) in [4.78, 5) is 0. The molecule has 1 aliphatic rings. The van der Waals surface area contributed by atoms with Crippen LogP contribution in [0.4, 0.5) is 0 Å². The topological polar surface area (TPSA) is 53.7 Å². The molecule has 0 saturated carbocycles. The van der Waals surface area contributed by atoms with E-state index in [1.165, 1.54) is 0 Å². The summed E-state index contributed by atoms with van der Waals surface area (Å²) in [5.74, 6) is 0.814. The Kier molecular flexibility index (Phi) is 4.47. The van der Waals surface area contributed by atoms with Crippen LogP contribution in [-0.2, 0) is 9.31 Å². The average Bonchev–Trinajstić information content (AvgIpc) is 2.65. The van der Waals surface area contributed by atoms with E-state index in [4.69, 9.17) is 19.8 Å².